The number of carbonyl (C=O) groups is 2. The number of rotatable bonds is 5. The predicted octanol–water partition coefficient (Wildman–Crippen LogP) is 1.43. The van der Waals surface area contributed by atoms with E-state index < -0.39 is 17.6 Å². The van der Waals surface area contributed by atoms with E-state index in [1.807, 2.05) is 0 Å². The van der Waals surface area contributed by atoms with E-state index in [0.717, 1.165) is 0 Å². The average Bonchev–Trinajstić information content (AvgIpc) is 3.08. The van der Waals surface area contributed by atoms with Gasteiger partial charge in [-0.05, 0) is 35.9 Å². The summed E-state index contributed by atoms with van der Waals surface area (Å²) in [5.41, 5.74) is 2.85. The van der Waals surface area contributed by atoms with Crippen LogP contribution in [0, 0.1) is 5.82 Å². The van der Waals surface area contributed by atoms with E-state index in [9.17, 15) is 14.0 Å². The van der Waals surface area contributed by atoms with Crippen molar-refractivity contribution in [3.63, 3.8) is 0 Å². The van der Waals surface area contributed by atoms with Crippen LogP contribution in [-0.2, 0) is 4.79 Å². The molecule has 0 unspecified atom stereocenters. The Kier molecular flexibility index (Phi) is 4.89. The van der Waals surface area contributed by atoms with Crippen LogP contribution in [0.25, 0.3) is 0 Å². The topological polar surface area (TPSA) is 89.0 Å². The van der Waals surface area contributed by atoms with Gasteiger partial charge in [-0.15, -0.1) is 0 Å². The Morgan fingerprint density at radius 1 is 1.16 bits per heavy atom. The van der Waals surface area contributed by atoms with Crippen molar-refractivity contribution in [2.75, 3.05) is 13.3 Å². The van der Waals surface area contributed by atoms with Gasteiger partial charge in [0.2, 0.25) is 6.79 Å². The van der Waals surface area contributed by atoms with Crippen LogP contribution in [0.1, 0.15) is 15.9 Å². The molecule has 0 aliphatic carbocycles. The number of benzene rings is 2. The van der Waals surface area contributed by atoms with Gasteiger partial charge in [0.15, 0.2) is 11.5 Å². The van der Waals surface area contributed by atoms with Gasteiger partial charge in [0, 0.05) is 0 Å². The Labute approximate surface area is 142 Å². The van der Waals surface area contributed by atoms with Crippen molar-refractivity contribution in [3.8, 4) is 11.5 Å². The van der Waals surface area contributed by atoms with Gasteiger partial charge < -0.3 is 14.8 Å². The Bertz CT molecular complexity index is 838. The molecule has 25 heavy (non-hydrogen) atoms. The van der Waals surface area contributed by atoms with Crippen molar-refractivity contribution in [1.82, 2.24) is 10.7 Å². The summed E-state index contributed by atoms with van der Waals surface area (Å²) in [4.78, 5) is 23.4. The molecule has 2 aromatic carbocycles. The highest BCUT2D eigenvalue weighted by Gasteiger charge is 2.13. The number of carbonyl (C=O) groups excluding carboxylic acids is 2. The number of nitrogens with one attached hydrogen (secondary N) is 2. The van der Waals surface area contributed by atoms with Gasteiger partial charge in [-0.3, -0.25) is 9.59 Å². The summed E-state index contributed by atoms with van der Waals surface area (Å²) in [6, 6.07) is 10.7. The van der Waals surface area contributed by atoms with Crippen LogP contribution in [0.15, 0.2) is 47.6 Å². The summed E-state index contributed by atoms with van der Waals surface area (Å²) in [5, 5.41) is 6.11. The smallest absolute Gasteiger partial charge is 0.259 e. The molecule has 2 aromatic rings. The molecule has 128 valence electrons. The first-order valence-electron chi connectivity index (χ1n) is 7.38. The van der Waals surface area contributed by atoms with Gasteiger partial charge in [0.25, 0.3) is 11.8 Å². The number of ether oxygens (including phenoxy) is 2. The SMILES string of the molecule is O=C(CNC(=O)c1ccccc1F)N/N=C\c1ccc2c(c1)OCO2. The van der Waals surface area contributed by atoms with Crippen LogP contribution in [0.4, 0.5) is 4.39 Å². The molecular weight excluding hydrogens is 329 g/mol. The second-order valence-electron chi connectivity index (χ2n) is 5.07. The minimum absolute atomic E-state index is 0.126. The standard InChI is InChI=1S/C17H14FN3O4/c18-13-4-2-1-3-12(13)17(23)19-9-16(22)21-20-8-11-5-6-14-15(7-11)25-10-24-14/h1-8H,9-10H2,(H,19,23)(H,21,22)/b20-8-. The molecule has 2 N–H and O–H groups in total. The second-order valence-corrected chi connectivity index (χ2v) is 5.07. The Balaban J connectivity index is 1.48. The van der Waals surface area contributed by atoms with Gasteiger partial charge in [0.1, 0.15) is 5.82 Å². The first-order chi connectivity index (χ1) is 12.1. The summed E-state index contributed by atoms with van der Waals surface area (Å²) in [6.07, 6.45) is 1.43. The van der Waals surface area contributed by atoms with Crippen LogP contribution < -0.4 is 20.2 Å². The molecule has 0 saturated heterocycles. The molecule has 1 aliphatic rings. The van der Waals surface area contributed by atoms with E-state index in [4.69, 9.17) is 9.47 Å². The van der Waals surface area contributed by atoms with E-state index in [2.05, 4.69) is 15.8 Å². The van der Waals surface area contributed by atoms with Crippen LogP contribution in [-0.4, -0.2) is 31.4 Å². The zero-order chi connectivity index (χ0) is 17.6. The van der Waals surface area contributed by atoms with Crippen molar-refractivity contribution >= 4 is 18.0 Å². The maximum atomic E-state index is 13.4. The fraction of sp³-hybridized carbons (Fsp3) is 0.118. The molecule has 0 aromatic heterocycles. The zero-order valence-corrected chi connectivity index (χ0v) is 13.0. The summed E-state index contributed by atoms with van der Waals surface area (Å²) in [7, 11) is 0. The monoisotopic (exact) mass is 343 g/mol. The molecule has 0 saturated carbocycles. The fourth-order valence-electron chi connectivity index (χ4n) is 2.11. The fourth-order valence-corrected chi connectivity index (χ4v) is 2.11. The van der Waals surface area contributed by atoms with Gasteiger partial charge >= 0.3 is 0 Å². The Hall–Kier alpha value is -3.42. The minimum atomic E-state index is -0.673. The normalized spacial score (nSPS) is 12.2. The number of nitrogens with zero attached hydrogens (tertiary/aromatic N) is 1. The van der Waals surface area contributed by atoms with E-state index in [-0.39, 0.29) is 18.9 Å². The summed E-state index contributed by atoms with van der Waals surface area (Å²) >= 11 is 0. The molecule has 1 heterocycles. The van der Waals surface area contributed by atoms with Gasteiger partial charge in [-0.1, -0.05) is 12.1 Å². The third-order valence-corrected chi connectivity index (χ3v) is 3.33. The molecule has 0 bridgehead atoms. The first-order valence-corrected chi connectivity index (χ1v) is 7.38. The van der Waals surface area contributed by atoms with Crippen LogP contribution in [0.3, 0.4) is 0 Å². The van der Waals surface area contributed by atoms with Crippen molar-refractivity contribution in [1.29, 1.82) is 0 Å². The Morgan fingerprint density at radius 3 is 2.80 bits per heavy atom. The van der Waals surface area contributed by atoms with Crippen LogP contribution in [0.2, 0.25) is 0 Å². The van der Waals surface area contributed by atoms with Gasteiger partial charge in [-0.2, -0.15) is 5.10 Å². The lowest BCUT2D eigenvalue weighted by molar-refractivity contribution is -0.120. The van der Waals surface area contributed by atoms with Crippen molar-refractivity contribution in [2.45, 2.75) is 0 Å². The molecule has 3 rings (SSSR count). The molecule has 8 heteroatoms. The molecular formula is C17H14FN3O4. The third-order valence-electron chi connectivity index (χ3n) is 3.33. The molecule has 2 amide bonds. The van der Waals surface area contributed by atoms with Crippen molar-refractivity contribution < 1.29 is 23.5 Å². The van der Waals surface area contributed by atoms with Crippen molar-refractivity contribution in [2.24, 2.45) is 5.10 Å². The minimum Gasteiger partial charge on any atom is -0.454 e. The molecule has 7 nitrogen and oxygen atoms in total. The molecule has 0 spiro atoms. The van der Waals surface area contributed by atoms with E-state index >= 15 is 0 Å². The lowest BCUT2D eigenvalue weighted by Gasteiger charge is -2.05. The molecule has 1 aliphatic heterocycles. The first kappa shape index (κ1) is 16.4. The largest absolute Gasteiger partial charge is 0.454 e. The van der Waals surface area contributed by atoms with E-state index in [0.29, 0.717) is 17.1 Å². The van der Waals surface area contributed by atoms with E-state index in [1.165, 1.54) is 30.5 Å². The number of fused-ring (bicyclic) bond motifs is 1. The summed E-state index contributed by atoms with van der Waals surface area (Å²) < 4.78 is 23.9. The zero-order valence-electron chi connectivity index (χ0n) is 13.0. The summed E-state index contributed by atoms with van der Waals surface area (Å²) in [5.74, 6) is -0.611. The maximum absolute atomic E-state index is 13.4. The molecule has 0 atom stereocenters. The maximum Gasteiger partial charge on any atom is 0.259 e. The lowest BCUT2D eigenvalue weighted by atomic mass is 10.2. The average molecular weight is 343 g/mol. The Morgan fingerprint density at radius 2 is 1.96 bits per heavy atom. The van der Waals surface area contributed by atoms with Crippen LogP contribution in [0.5, 0.6) is 11.5 Å². The predicted molar refractivity (Wildman–Crippen MR) is 87.0 cm³/mol. The number of amides is 2. The van der Waals surface area contributed by atoms with Crippen molar-refractivity contribution in [3.05, 3.63) is 59.4 Å². The highest BCUT2D eigenvalue weighted by Crippen LogP contribution is 2.31. The molecule has 0 radical (unpaired) electrons. The highest BCUT2D eigenvalue weighted by molar-refractivity contribution is 5.96. The highest BCUT2D eigenvalue weighted by atomic mass is 19.1. The second kappa shape index (κ2) is 7.43. The number of hydrazone groups is 1. The van der Waals surface area contributed by atoms with E-state index in [1.54, 1.807) is 18.2 Å². The number of hydrogen-bond acceptors (Lipinski definition) is 5. The quantitative estimate of drug-likeness (QED) is 0.635. The number of hydrogen-bond donors (Lipinski definition) is 2. The van der Waals surface area contributed by atoms with Gasteiger partial charge in [0.05, 0.1) is 18.3 Å². The summed E-state index contributed by atoms with van der Waals surface area (Å²) in [6.45, 7) is -0.153. The lowest BCUT2D eigenvalue weighted by Crippen LogP contribution is -2.35. The molecule has 0 fully saturated rings. The third kappa shape index (κ3) is 4.11. The van der Waals surface area contributed by atoms with Crippen LogP contribution >= 0.6 is 0 Å². The number of halogens is 1. The van der Waals surface area contributed by atoms with Gasteiger partial charge in [-0.25, -0.2) is 9.82 Å².